The number of benzene rings is 2. The van der Waals surface area contributed by atoms with Gasteiger partial charge in [-0.1, -0.05) is 23.7 Å². The number of hydrogen-bond acceptors (Lipinski definition) is 2. The van der Waals surface area contributed by atoms with E-state index in [4.69, 9.17) is 28.6 Å². The molecule has 1 heterocycles. The van der Waals surface area contributed by atoms with Crippen LogP contribution in [0.25, 0.3) is 0 Å². The maximum absolute atomic E-state index is 13.6. The average molecular weight is 365 g/mol. The summed E-state index contributed by atoms with van der Waals surface area (Å²) in [5.41, 5.74) is 1.11. The summed E-state index contributed by atoms with van der Waals surface area (Å²) >= 11 is 11.5. The number of para-hydroxylation sites is 1. The summed E-state index contributed by atoms with van der Waals surface area (Å²) in [4.78, 5) is 0. The molecule has 0 bridgehead atoms. The molecule has 0 radical (unpaired) electrons. The first kappa shape index (κ1) is 17.0. The quantitative estimate of drug-likeness (QED) is 0.729. The maximum atomic E-state index is 13.6. The summed E-state index contributed by atoms with van der Waals surface area (Å²) in [6, 6.07) is 11.8. The summed E-state index contributed by atoms with van der Waals surface area (Å²) in [5, 5.41) is 7.35. The van der Waals surface area contributed by atoms with Crippen molar-refractivity contribution < 1.29 is 9.13 Å². The standard InChI is InChI=1S/C18H18ClFN2OS/c1-18(2)10-15(12-9-11(20)7-8-16(12)23-18)22-17(24)21-14-6-4-3-5-13(14)19/h3-9,15H,10H2,1-2H3,(H2,21,22,24)/t15-/m1/s1. The zero-order chi connectivity index (χ0) is 17.3. The van der Waals surface area contributed by atoms with E-state index in [0.717, 1.165) is 11.3 Å². The van der Waals surface area contributed by atoms with E-state index in [1.807, 2.05) is 32.0 Å². The molecule has 0 amide bonds. The molecule has 1 atom stereocenters. The van der Waals surface area contributed by atoms with E-state index in [9.17, 15) is 4.39 Å². The number of halogens is 2. The summed E-state index contributed by atoms with van der Waals surface area (Å²) in [7, 11) is 0. The first-order valence-electron chi connectivity index (χ1n) is 7.64. The van der Waals surface area contributed by atoms with Gasteiger partial charge in [0.2, 0.25) is 0 Å². The number of hydrogen-bond donors (Lipinski definition) is 2. The maximum Gasteiger partial charge on any atom is 0.171 e. The number of rotatable bonds is 2. The monoisotopic (exact) mass is 364 g/mol. The Hall–Kier alpha value is -1.85. The van der Waals surface area contributed by atoms with Crippen molar-refractivity contribution in [1.82, 2.24) is 5.32 Å². The Morgan fingerprint density at radius 3 is 2.79 bits per heavy atom. The van der Waals surface area contributed by atoms with E-state index in [0.29, 0.717) is 22.3 Å². The van der Waals surface area contributed by atoms with E-state index in [1.165, 1.54) is 12.1 Å². The molecule has 6 heteroatoms. The van der Waals surface area contributed by atoms with Gasteiger partial charge >= 0.3 is 0 Å². The minimum atomic E-state index is -0.373. The van der Waals surface area contributed by atoms with Crippen molar-refractivity contribution in [2.24, 2.45) is 0 Å². The van der Waals surface area contributed by atoms with Crippen LogP contribution < -0.4 is 15.4 Å². The van der Waals surface area contributed by atoms with E-state index in [2.05, 4.69) is 10.6 Å². The van der Waals surface area contributed by atoms with Crippen LogP contribution in [0.5, 0.6) is 5.75 Å². The Morgan fingerprint density at radius 1 is 1.29 bits per heavy atom. The van der Waals surface area contributed by atoms with Crippen LogP contribution in [0.15, 0.2) is 42.5 Å². The third kappa shape index (κ3) is 3.79. The third-order valence-corrected chi connectivity index (χ3v) is 4.41. The lowest BCUT2D eigenvalue weighted by molar-refractivity contribution is 0.0694. The van der Waals surface area contributed by atoms with Crippen LogP contribution in [0, 0.1) is 5.82 Å². The fourth-order valence-corrected chi connectivity index (χ4v) is 3.27. The fraction of sp³-hybridized carbons (Fsp3) is 0.278. The molecule has 0 spiro atoms. The SMILES string of the molecule is CC1(C)C[C@@H](NC(=S)Nc2ccccc2Cl)c2cc(F)ccc2O1. The fourth-order valence-electron chi connectivity index (χ4n) is 2.83. The Kier molecular flexibility index (Phi) is 4.65. The summed E-state index contributed by atoms with van der Waals surface area (Å²) in [5.74, 6) is 0.375. The second kappa shape index (κ2) is 6.57. The third-order valence-electron chi connectivity index (χ3n) is 3.86. The van der Waals surface area contributed by atoms with Crippen molar-refractivity contribution >= 4 is 34.6 Å². The molecule has 0 fully saturated rings. The smallest absolute Gasteiger partial charge is 0.171 e. The van der Waals surface area contributed by atoms with Crippen molar-refractivity contribution in [2.45, 2.75) is 31.9 Å². The topological polar surface area (TPSA) is 33.3 Å². The molecule has 0 aromatic heterocycles. The lowest BCUT2D eigenvalue weighted by Crippen LogP contribution is -2.42. The Bertz CT molecular complexity index is 781. The van der Waals surface area contributed by atoms with Crippen LogP contribution >= 0.6 is 23.8 Å². The van der Waals surface area contributed by atoms with E-state index < -0.39 is 0 Å². The summed E-state index contributed by atoms with van der Waals surface area (Å²) in [6.45, 7) is 4.00. The highest BCUT2D eigenvalue weighted by molar-refractivity contribution is 7.80. The normalized spacial score (nSPS) is 18.2. The molecule has 2 aromatic carbocycles. The Morgan fingerprint density at radius 2 is 2.04 bits per heavy atom. The minimum Gasteiger partial charge on any atom is -0.487 e. The first-order chi connectivity index (χ1) is 11.3. The zero-order valence-corrected chi connectivity index (χ0v) is 15.0. The molecular weight excluding hydrogens is 347 g/mol. The molecule has 3 rings (SSSR count). The van der Waals surface area contributed by atoms with Gasteiger partial charge in [-0.05, 0) is 56.4 Å². The zero-order valence-electron chi connectivity index (χ0n) is 13.4. The number of thiocarbonyl (C=S) groups is 1. The molecule has 24 heavy (non-hydrogen) atoms. The van der Waals surface area contributed by atoms with Crippen LogP contribution in [-0.4, -0.2) is 10.7 Å². The van der Waals surface area contributed by atoms with Crippen LogP contribution in [-0.2, 0) is 0 Å². The van der Waals surface area contributed by atoms with Gasteiger partial charge in [0.1, 0.15) is 17.2 Å². The van der Waals surface area contributed by atoms with Crippen molar-refractivity contribution in [3.8, 4) is 5.75 Å². The predicted molar refractivity (Wildman–Crippen MR) is 99.3 cm³/mol. The average Bonchev–Trinajstić information content (AvgIpc) is 2.49. The van der Waals surface area contributed by atoms with Crippen LogP contribution in [0.4, 0.5) is 10.1 Å². The Labute approximate surface area is 151 Å². The molecule has 1 aliphatic heterocycles. The first-order valence-corrected chi connectivity index (χ1v) is 8.43. The van der Waals surface area contributed by atoms with Gasteiger partial charge in [-0.25, -0.2) is 4.39 Å². The molecule has 1 aliphatic rings. The molecule has 0 aliphatic carbocycles. The molecule has 126 valence electrons. The van der Waals surface area contributed by atoms with E-state index in [-0.39, 0.29) is 17.5 Å². The molecular formula is C18H18ClFN2OS. The number of anilines is 1. The van der Waals surface area contributed by atoms with Gasteiger partial charge < -0.3 is 15.4 Å². The van der Waals surface area contributed by atoms with Gasteiger partial charge in [-0.15, -0.1) is 0 Å². The van der Waals surface area contributed by atoms with Gasteiger partial charge in [0.25, 0.3) is 0 Å². The molecule has 0 saturated carbocycles. The number of fused-ring (bicyclic) bond motifs is 1. The van der Waals surface area contributed by atoms with Crippen molar-refractivity contribution in [3.05, 3.63) is 58.9 Å². The molecule has 3 nitrogen and oxygen atoms in total. The largest absolute Gasteiger partial charge is 0.487 e. The second-order valence-electron chi connectivity index (χ2n) is 6.38. The highest BCUT2D eigenvalue weighted by Crippen LogP contribution is 2.39. The second-order valence-corrected chi connectivity index (χ2v) is 7.19. The van der Waals surface area contributed by atoms with E-state index >= 15 is 0 Å². The highest BCUT2D eigenvalue weighted by Gasteiger charge is 2.34. The van der Waals surface area contributed by atoms with Gasteiger partial charge in [-0.3, -0.25) is 0 Å². The lowest BCUT2D eigenvalue weighted by atomic mass is 9.90. The van der Waals surface area contributed by atoms with Crippen LogP contribution in [0.1, 0.15) is 31.9 Å². The van der Waals surface area contributed by atoms with E-state index in [1.54, 1.807) is 12.1 Å². The number of ether oxygens (including phenoxy) is 1. The van der Waals surface area contributed by atoms with Gasteiger partial charge in [0, 0.05) is 12.0 Å². The molecule has 2 N–H and O–H groups in total. The van der Waals surface area contributed by atoms with Crippen molar-refractivity contribution in [2.75, 3.05) is 5.32 Å². The summed E-state index contributed by atoms with van der Waals surface area (Å²) < 4.78 is 19.6. The van der Waals surface area contributed by atoms with Crippen molar-refractivity contribution in [3.63, 3.8) is 0 Å². The molecule has 0 unspecified atom stereocenters. The van der Waals surface area contributed by atoms with Crippen LogP contribution in [0.2, 0.25) is 5.02 Å². The number of nitrogens with one attached hydrogen (secondary N) is 2. The molecule has 2 aromatic rings. The van der Waals surface area contributed by atoms with Crippen molar-refractivity contribution in [1.29, 1.82) is 0 Å². The predicted octanol–water partition coefficient (Wildman–Crippen LogP) is 5.07. The minimum absolute atomic E-state index is 0.151. The van der Waals surface area contributed by atoms with Gasteiger partial charge in [-0.2, -0.15) is 0 Å². The molecule has 0 saturated heterocycles. The van der Waals surface area contributed by atoms with Crippen LogP contribution in [0.3, 0.4) is 0 Å². The Balaban J connectivity index is 1.80. The van der Waals surface area contributed by atoms with Gasteiger partial charge in [0.15, 0.2) is 5.11 Å². The highest BCUT2D eigenvalue weighted by atomic mass is 35.5. The lowest BCUT2D eigenvalue weighted by Gasteiger charge is -2.38. The van der Waals surface area contributed by atoms with Gasteiger partial charge in [0.05, 0.1) is 16.8 Å². The summed E-state index contributed by atoms with van der Waals surface area (Å²) in [6.07, 6.45) is 0.661.